The van der Waals surface area contributed by atoms with Crippen LogP contribution >= 0.6 is 0 Å². The first-order chi connectivity index (χ1) is 12.5. The Kier molecular flexibility index (Phi) is 5.06. The topological polar surface area (TPSA) is 94.7 Å². The van der Waals surface area contributed by atoms with E-state index in [1.165, 1.54) is 12.1 Å². The van der Waals surface area contributed by atoms with Crippen molar-refractivity contribution in [1.29, 1.82) is 0 Å². The number of hydrogen-bond donors (Lipinski definition) is 1. The van der Waals surface area contributed by atoms with Crippen molar-refractivity contribution in [1.82, 2.24) is 4.98 Å². The Morgan fingerprint density at radius 3 is 2.69 bits per heavy atom. The predicted molar refractivity (Wildman–Crippen MR) is 92.9 cm³/mol. The van der Waals surface area contributed by atoms with Gasteiger partial charge in [-0.3, -0.25) is 9.59 Å². The summed E-state index contributed by atoms with van der Waals surface area (Å²) >= 11 is 0. The van der Waals surface area contributed by atoms with E-state index < -0.39 is 23.9 Å². The summed E-state index contributed by atoms with van der Waals surface area (Å²) in [6, 6.07) is 7.83. The van der Waals surface area contributed by atoms with Gasteiger partial charge < -0.3 is 19.2 Å². The van der Waals surface area contributed by atoms with Crippen LogP contribution in [0.4, 0.5) is 0 Å². The molecule has 1 aromatic carbocycles. The van der Waals surface area contributed by atoms with Crippen molar-refractivity contribution < 1.29 is 23.8 Å². The van der Waals surface area contributed by atoms with Crippen LogP contribution in [0.2, 0.25) is 0 Å². The van der Waals surface area contributed by atoms with Gasteiger partial charge in [-0.15, -0.1) is 0 Å². The average molecular weight is 357 g/mol. The van der Waals surface area contributed by atoms with Gasteiger partial charge in [-0.25, -0.2) is 4.79 Å². The summed E-state index contributed by atoms with van der Waals surface area (Å²) in [7, 11) is 0. The van der Waals surface area contributed by atoms with Crippen LogP contribution in [0.15, 0.2) is 35.1 Å². The first-order valence-corrected chi connectivity index (χ1v) is 8.32. The van der Waals surface area contributed by atoms with Gasteiger partial charge in [-0.1, -0.05) is 13.8 Å². The Morgan fingerprint density at radius 2 is 1.96 bits per heavy atom. The lowest BCUT2D eigenvalue weighted by atomic mass is 10.0. The SMILES string of the molecule is CCC(C)c1ccc(C(=O)OCC(=O)c2ccc3c(c2)OCO3)c(=O)[nH]1. The van der Waals surface area contributed by atoms with Crippen molar-refractivity contribution in [2.75, 3.05) is 13.4 Å². The van der Waals surface area contributed by atoms with Gasteiger partial charge in [0.25, 0.3) is 5.56 Å². The molecule has 1 atom stereocenters. The molecule has 0 aliphatic carbocycles. The molecule has 1 N–H and O–H groups in total. The third kappa shape index (κ3) is 3.61. The lowest BCUT2D eigenvalue weighted by Gasteiger charge is -2.09. The Labute approximate surface area is 149 Å². The maximum absolute atomic E-state index is 12.2. The van der Waals surface area contributed by atoms with Crippen molar-refractivity contribution in [3.63, 3.8) is 0 Å². The van der Waals surface area contributed by atoms with Gasteiger partial charge in [0.1, 0.15) is 5.56 Å². The monoisotopic (exact) mass is 357 g/mol. The largest absolute Gasteiger partial charge is 0.454 e. The number of H-pyrrole nitrogens is 1. The van der Waals surface area contributed by atoms with Crippen LogP contribution in [0, 0.1) is 0 Å². The number of rotatable bonds is 6. The van der Waals surface area contributed by atoms with Gasteiger partial charge in [0, 0.05) is 11.3 Å². The highest BCUT2D eigenvalue weighted by molar-refractivity contribution is 5.99. The van der Waals surface area contributed by atoms with Crippen molar-refractivity contribution in [2.24, 2.45) is 0 Å². The number of carbonyl (C=O) groups excluding carboxylic acids is 2. The molecular weight excluding hydrogens is 338 g/mol. The summed E-state index contributed by atoms with van der Waals surface area (Å²) in [6.45, 7) is 3.63. The van der Waals surface area contributed by atoms with Crippen LogP contribution in [-0.4, -0.2) is 30.1 Å². The average Bonchev–Trinajstić information content (AvgIpc) is 3.12. The fourth-order valence-electron chi connectivity index (χ4n) is 2.52. The molecule has 7 heteroatoms. The molecule has 0 radical (unpaired) electrons. The normalized spacial score (nSPS) is 13.3. The summed E-state index contributed by atoms with van der Waals surface area (Å²) in [5.41, 5.74) is 0.437. The van der Waals surface area contributed by atoms with Gasteiger partial charge in [-0.05, 0) is 42.7 Å². The molecule has 0 fully saturated rings. The number of fused-ring (bicyclic) bond motifs is 1. The van der Waals surface area contributed by atoms with E-state index in [4.69, 9.17) is 14.2 Å². The van der Waals surface area contributed by atoms with E-state index in [-0.39, 0.29) is 18.3 Å². The highest BCUT2D eigenvalue weighted by atomic mass is 16.7. The number of carbonyl (C=O) groups is 2. The van der Waals surface area contributed by atoms with Crippen molar-refractivity contribution in [3.8, 4) is 11.5 Å². The molecule has 1 aliphatic rings. The lowest BCUT2D eigenvalue weighted by Crippen LogP contribution is -2.23. The van der Waals surface area contributed by atoms with Crippen LogP contribution in [0.5, 0.6) is 11.5 Å². The van der Waals surface area contributed by atoms with Crippen LogP contribution in [0.25, 0.3) is 0 Å². The zero-order valence-corrected chi connectivity index (χ0v) is 14.5. The number of pyridine rings is 1. The smallest absolute Gasteiger partial charge is 0.344 e. The maximum atomic E-state index is 12.2. The Bertz CT molecular complexity index is 901. The molecule has 26 heavy (non-hydrogen) atoms. The summed E-state index contributed by atoms with van der Waals surface area (Å²) in [4.78, 5) is 39.0. The number of aromatic nitrogens is 1. The molecule has 1 unspecified atom stereocenters. The molecule has 2 heterocycles. The second-order valence-electron chi connectivity index (χ2n) is 6.03. The Morgan fingerprint density at radius 1 is 1.19 bits per heavy atom. The molecule has 136 valence electrons. The van der Waals surface area contributed by atoms with Gasteiger partial charge >= 0.3 is 5.97 Å². The number of ketones is 1. The van der Waals surface area contributed by atoms with E-state index in [0.29, 0.717) is 17.1 Å². The number of hydrogen-bond acceptors (Lipinski definition) is 6. The fraction of sp³-hybridized carbons (Fsp3) is 0.316. The zero-order chi connectivity index (χ0) is 18.7. The van der Waals surface area contributed by atoms with Gasteiger partial charge in [0.15, 0.2) is 23.9 Å². The number of Topliss-reactive ketones (excluding diaryl/α,β-unsaturated/α-hetero) is 1. The number of nitrogens with one attached hydrogen (secondary N) is 1. The van der Waals surface area contributed by atoms with Crippen molar-refractivity contribution in [2.45, 2.75) is 26.2 Å². The van der Waals surface area contributed by atoms with Gasteiger partial charge in [-0.2, -0.15) is 0 Å². The minimum absolute atomic E-state index is 0.109. The molecule has 0 bridgehead atoms. The summed E-state index contributed by atoms with van der Waals surface area (Å²) in [5.74, 6) is -0.0218. The van der Waals surface area contributed by atoms with Gasteiger partial charge in [0.2, 0.25) is 6.79 Å². The quantitative estimate of drug-likeness (QED) is 0.631. The van der Waals surface area contributed by atoms with E-state index in [1.54, 1.807) is 18.2 Å². The molecule has 7 nitrogen and oxygen atoms in total. The third-order valence-corrected chi connectivity index (χ3v) is 4.32. The summed E-state index contributed by atoms with van der Waals surface area (Å²) in [6.07, 6.45) is 0.865. The summed E-state index contributed by atoms with van der Waals surface area (Å²) < 4.78 is 15.4. The van der Waals surface area contributed by atoms with E-state index in [0.717, 1.165) is 12.1 Å². The van der Waals surface area contributed by atoms with E-state index >= 15 is 0 Å². The molecule has 2 aromatic rings. The van der Waals surface area contributed by atoms with Crippen molar-refractivity contribution in [3.05, 3.63) is 57.5 Å². The highest BCUT2D eigenvalue weighted by Crippen LogP contribution is 2.32. The molecular formula is C19H19NO6. The standard InChI is InChI=1S/C19H19NO6/c1-3-11(2)14-6-5-13(18(22)20-14)19(23)24-9-15(21)12-4-7-16-17(8-12)26-10-25-16/h4-8,11H,3,9-10H2,1-2H3,(H,20,22). The summed E-state index contributed by atoms with van der Waals surface area (Å²) in [5, 5.41) is 0. The molecule has 0 spiro atoms. The first-order valence-electron chi connectivity index (χ1n) is 8.32. The fourth-order valence-corrected chi connectivity index (χ4v) is 2.52. The zero-order valence-electron chi connectivity index (χ0n) is 14.5. The lowest BCUT2D eigenvalue weighted by molar-refractivity contribution is 0.0473. The molecule has 0 saturated heterocycles. The minimum atomic E-state index is -0.837. The molecule has 3 rings (SSSR count). The second kappa shape index (κ2) is 7.43. The van der Waals surface area contributed by atoms with E-state index in [1.807, 2.05) is 13.8 Å². The Balaban J connectivity index is 1.65. The van der Waals surface area contributed by atoms with Crippen LogP contribution in [-0.2, 0) is 4.74 Å². The Hall–Kier alpha value is -3.09. The van der Waals surface area contributed by atoms with Gasteiger partial charge in [0.05, 0.1) is 0 Å². The first kappa shape index (κ1) is 17.7. The minimum Gasteiger partial charge on any atom is -0.454 e. The number of esters is 1. The molecule has 0 amide bonds. The number of benzene rings is 1. The maximum Gasteiger partial charge on any atom is 0.344 e. The third-order valence-electron chi connectivity index (χ3n) is 4.32. The number of ether oxygens (including phenoxy) is 3. The molecule has 1 aliphatic heterocycles. The molecule has 0 saturated carbocycles. The predicted octanol–water partition coefficient (Wildman–Crippen LogP) is 2.66. The van der Waals surface area contributed by atoms with Crippen molar-refractivity contribution >= 4 is 11.8 Å². The molecule has 1 aromatic heterocycles. The van der Waals surface area contributed by atoms with Crippen LogP contribution < -0.4 is 15.0 Å². The van der Waals surface area contributed by atoms with E-state index in [2.05, 4.69) is 4.98 Å². The van der Waals surface area contributed by atoms with E-state index in [9.17, 15) is 14.4 Å². The second-order valence-corrected chi connectivity index (χ2v) is 6.03. The highest BCUT2D eigenvalue weighted by Gasteiger charge is 2.19. The number of aromatic amines is 1. The van der Waals surface area contributed by atoms with Crippen LogP contribution in [0.3, 0.4) is 0 Å². The van der Waals surface area contributed by atoms with Crippen LogP contribution in [0.1, 0.15) is 52.6 Å².